The zero-order chi connectivity index (χ0) is 15.0. The van der Waals surface area contributed by atoms with E-state index in [1.165, 1.54) is 0 Å². The Balaban J connectivity index is 1.97. The minimum absolute atomic E-state index is 0.00805. The van der Waals surface area contributed by atoms with Crippen molar-refractivity contribution >= 4 is 11.8 Å². The van der Waals surface area contributed by atoms with Gasteiger partial charge in [-0.3, -0.25) is 9.59 Å². The minimum Gasteiger partial charge on any atom is -0.493 e. The van der Waals surface area contributed by atoms with E-state index in [2.05, 4.69) is 5.32 Å². The van der Waals surface area contributed by atoms with Crippen LogP contribution in [-0.4, -0.2) is 35.4 Å². The lowest BCUT2D eigenvalue weighted by atomic mass is 9.90. The number of fused-ring (bicyclic) bond motifs is 1. The highest BCUT2D eigenvalue weighted by molar-refractivity contribution is 5.98. The number of nitrogens with zero attached hydrogens (tertiary/aromatic N) is 1. The molecule has 5 nitrogen and oxygen atoms in total. The van der Waals surface area contributed by atoms with Crippen molar-refractivity contribution in [1.29, 1.82) is 0 Å². The first kappa shape index (κ1) is 13.9. The van der Waals surface area contributed by atoms with E-state index in [4.69, 9.17) is 4.74 Å². The Hall–Kier alpha value is -2.04. The highest BCUT2D eigenvalue weighted by atomic mass is 16.5. The molecule has 1 aromatic carbocycles. The van der Waals surface area contributed by atoms with Crippen LogP contribution in [0.15, 0.2) is 24.3 Å². The summed E-state index contributed by atoms with van der Waals surface area (Å²) >= 11 is 0. The van der Waals surface area contributed by atoms with Crippen LogP contribution < -0.4 is 10.1 Å². The third-order valence-electron chi connectivity index (χ3n) is 4.47. The largest absolute Gasteiger partial charge is 0.493 e. The highest BCUT2D eigenvalue weighted by Gasteiger charge is 2.45. The number of hydrogen-bond acceptors (Lipinski definition) is 3. The van der Waals surface area contributed by atoms with Crippen molar-refractivity contribution < 1.29 is 14.3 Å². The summed E-state index contributed by atoms with van der Waals surface area (Å²) in [5, 5.41) is 2.82. The molecule has 2 atom stereocenters. The maximum absolute atomic E-state index is 12.8. The lowest BCUT2D eigenvalue weighted by Crippen LogP contribution is -2.65. The second-order valence-corrected chi connectivity index (χ2v) is 5.86. The Bertz CT molecular complexity index is 587. The molecule has 2 aliphatic rings. The van der Waals surface area contributed by atoms with E-state index in [-0.39, 0.29) is 24.4 Å². The summed E-state index contributed by atoms with van der Waals surface area (Å²) in [4.78, 5) is 26.5. The first-order valence-corrected chi connectivity index (χ1v) is 7.39. The van der Waals surface area contributed by atoms with Crippen molar-refractivity contribution in [2.75, 3.05) is 13.2 Å². The van der Waals surface area contributed by atoms with Crippen molar-refractivity contribution in [1.82, 2.24) is 10.2 Å². The van der Waals surface area contributed by atoms with Gasteiger partial charge in [-0.25, -0.2) is 0 Å². The van der Waals surface area contributed by atoms with Crippen molar-refractivity contribution in [2.45, 2.75) is 38.3 Å². The van der Waals surface area contributed by atoms with Gasteiger partial charge in [-0.15, -0.1) is 0 Å². The van der Waals surface area contributed by atoms with Crippen LogP contribution in [0.4, 0.5) is 0 Å². The number of carbonyl (C=O) groups is 2. The molecule has 1 fully saturated rings. The summed E-state index contributed by atoms with van der Waals surface area (Å²) in [6.45, 7) is 4.40. The summed E-state index contributed by atoms with van der Waals surface area (Å²) in [5.41, 5.74) is 0.188. The summed E-state index contributed by atoms with van der Waals surface area (Å²) in [6.07, 6.45) is 1.30. The average Bonchev–Trinajstić information content (AvgIpc) is 2.50. The van der Waals surface area contributed by atoms with Crippen LogP contribution in [0.3, 0.4) is 0 Å². The number of piperazine rings is 1. The van der Waals surface area contributed by atoms with Crippen molar-refractivity contribution in [3.8, 4) is 5.75 Å². The van der Waals surface area contributed by atoms with Crippen LogP contribution in [0.2, 0.25) is 0 Å². The van der Waals surface area contributed by atoms with Crippen LogP contribution in [0, 0.1) is 0 Å². The van der Waals surface area contributed by atoms with Crippen LogP contribution >= 0.6 is 0 Å². The van der Waals surface area contributed by atoms with Gasteiger partial charge in [0.05, 0.1) is 12.6 Å². The molecule has 0 spiro atoms. The maximum Gasteiger partial charge on any atom is 0.249 e. The standard InChI is InChI=1S/C16H20N2O3/c1-3-16(2)15(20)18(10-14(19)17-16)12-8-9-21-13-7-5-4-6-11(12)13/h4-7,12H,3,8-10H2,1-2H3,(H,17,19). The lowest BCUT2D eigenvalue weighted by Gasteiger charge is -2.44. The van der Waals surface area contributed by atoms with E-state index in [1.54, 1.807) is 11.8 Å². The van der Waals surface area contributed by atoms with E-state index in [0.717, 1.165) is 17.7 Å². The van der Waals surface area contributed by atoms with Crippen LogP contribution in [0.1, 0.15) is 38.3 Å². The molecule has 2 heterocycles. The molecular formula is C16H20N2O3. The summed E-state index contributed by atoms with van der Waals surface area (Å²) in [5.74, 6) is 0.708. The van der Waals surface area contributed by atoms with E-state index in [0.29, 0.717) is 13.0 Å². The predicted molar refractivity (Wildman–Crippen MR) is 77.8 cm³/mol. The molecule has 2 unspecified atom stereocenters. The zero-order valence-corrected chi connectivity index (χ0v) is 12.4. The quantitative estimate of drug-likeness (QED) is 0.900. The molecule has 2 aliphatic heterocycles. The Morgan fingerprint density at radius 2 is 2.14 bits per heavy atom. The summed E-state index contributed by atoms with van der Waals surface area (Å²) < 4.78 is 5.65. The molecular weight excluding hydrogens is 268 g/mol. The third-order valence-corrected chi connectivity index (χ3v) is 4.47. The molecule has 1 N–H and O–H groups in total. The Kier molecular flexibility index (Phi) is 3.35. The van der Waals surface area contributed by atoms with Gasteiger partial charge in [0.1, 0.15) is 17.8 Å². The van der Waals surface area contributed by atoms with Gasteiger partial charge in [0.25, 0.3) is 0 Å². The van der Waals surface area contributed by atoms with Crippen LogP contribution in [-0.2, 0) is 9.59 Å². The first-order chi connectivity index (χ1) is 10.0. The third kappa shape index (κ3) is 2.26. The van der Waals surface area contributed by atoms with E-state index < -0.39 is 5.54 Å². The molecule has 0 aromatic heterocycles. The van der Waals surface area contributed by atoms with Gasteiger partial charge in [-0.1, -0.05) is 25.1 Å². The van der Waals surface area contributed by atoms with E-state index >= 15 is 0 Å². The molecule has 0 saturated carbocycles. The van der Waals surface area contributed by atoms with Crippen molar-refractivity contribution in [3.05, 3.63) is 29.8 Å². The molecule has 0 bridgehead atoms. The van der Waals surface area contributed by atoms with Gasteiger partial charge in [-0.05, 0) is 19.4 Å². The number of para-hydroxylation sites is 1. The Morgan fingerprint density at radius 3 is 2.90 bits per heavy atom. The number of benzene rings is 1. The van der Waals surface area contributed by atoms with Gasteiger partial charge < -0.3 is 15.0 Å². The molecule has 1 saturated heterocycles. The Labute approximate surface area is 124 Å². The van der Waals surface area contributed by atoms with Crippen LogP contribution in [0.25, 0.3) is 0 Å². The normalized spacial score (nSPS) is 28.7. The molecule has 1 aromatic rings. The monoisotopic (exact) mass is 288 g/mol. The van der Waals surface area contributed by atoms with Gasteiger partial charge in [-0.2, -0.15) is 0 Å². The topological polar surface area (TPSA) is 58.6 Å². The van der Waals surface area contributed by atoms with Crippen molar-refractivity contribution in [2.24, 2.45) is 0 Å². The number of amides is 2. The fourth-order valence-electron chi connectivity index (χ4n) is 3.08. The fraction of sp³-hybridized carbons (Fsp3) is 0.500. The first-order valence-electron chi connectivity index (χ1n) is 7.39. The van der Waals surface area contributed by atoms with Gasteiger partial charge >= 0.3 is 0 Å². The lowest BCUT2D eigenvalue weighted by molar-refractivity contribution is -0.152. The predicted octanol–water partition coefficient (Wildman–Crippen LogP) is 1.64. The second-order valence-electron chi connectivity index (χ2n) is 5.86. The molecule has 0 radical (unpaired) electrons. The Morgan fingerprint density at radius 1 is 1.38 bits per heavy atom. The maximum atomic E-state index is 12.8. The van der Waals surface area contributed by atoms with Gasteiger partial charge in [0.2, 0.25) is 11.8 Å². The van der Waals surface area contributed by atoms with E-state index in [9.17, 15) is 9.59 Å². The van der Waals surface area contributed by atoms with Gasteiger partial charge in [0, 0.05) is 12.0 Å². The van der Waals surface area contributed by atoms with Gasteiger partial charge in [0.15, 0.2) is 0 Å². The highest BCUT2D eigenvalue weighted by Crippen LogP contribution is 2.37. The average molecular weight is 288 g/mol. The smallest absolute Gasteiger partial charge is 0.249 e. The summed E-state index contributed by atoms with van der Waals surface area (Å²) in [7, 11) is 0. The molecule has 0 aliphatic carbocycles. The number of hydrogen-bond donors (Lipinski definition) is 1. The fourth-order valence-corrected chi connectivity index (χ4v) is 3.08. The van der Waals surface area contributed by atoms with E-state index in [1.807, 2.05) is 31.2 Å². The van der Waals surface area contributed by atoms with Crippen LogP contribution in [0.5, 0.6) is 5.75 Å². The number of rotatable bonds is 2. The number of ether oxygens (including phenoxy) is 1. The second kappa shape index (κ2) is 5.06. The minimum atomic E-state index is -0.803. The SMILES string of the molecule is CCC1(C)NC(=O)CN(C2CCOc3ccccc32)C1=O. The zero-order valence-electron chi connectivity index (χ0n) is 12.4. The number of carbonyl (C=O) groups excluding carboxylic acids is 2. The number of nitrogens with one attached hydrogen (secondary N) is 1. The van der Waals surface area contributed by atoms with Crippen molar-refractivity contribution in [3.63, 3.8) is 0 Å². The molecule has 112 valence electrons. The summed E-state index contributed by atoms with van der Waals surface area (Å²) in [6, 6.07) is 7.66. The molecule has 2 amide bonds. The molecule has 3 rings (SSSR count). The molecule has 21 heavy (non-hydrogen) atoms. The molecule has 5 heteroatoms.